The first kappa shape index (κ1) is 15.1. The predicted molar refractivity (Wildman–Crippen MR) is 93.6 cm³/mol. The highest BCUT2D eigenvalue weighted by atomic mass is 16.4. The number of benzene rings is 2. The van der Waals surface area contributed by atoms with E-state index in [9.17, 15) is 4.79 Å². The maximum atomic E-state index is 10.7. The minimum absolute atomic E-state index is 0.814. The largest absolute Gasteiger partial charge is 0.478 e. The topological polar surface area (TPSA) is 42.2 Å². The second kappa shape index (κ2) is 6.13. The molecule has 1 N–H and O–H groups in total. The van der Waals surface area contributed by atoms with Crippen LogP contribution in [0.2, 0.25) is 0 Å². The van der Waals surface area contributed by atoms with Gasteiger partial charge in [0.05, 0.1) is 0 Å². The summed E-state index contributed by atoms with van der Waals surface area (Å²) in [4.78, 5) is 10.7. The molecule has 0 atom stereocenters. The first-order valence-electron chi connectivity index (χ1n) is 7.59. The Morgan fingerprint density at radius 3 is 2.57 bits per heavy atom. The molecule has 1 heterocycles. The van der Waals surface area contributed by atoms with Crippen molar-refractivity contribution >= 4 is 22.9 Å². The Morgan fingerprint density at radius 1 is 1.13 bits per heavy atom. The lowest BCUT2D eigenvalue weighted by Crippen LogP contribution is -2.02. The third-order valence-electron chi connectivity index (χ3n) is 4.19. The molecule has 0 bridgehead atoms. The number of carboxylic acids is 1. The fourth-order valence-corrected chi connectivity index (χ4v) is 2.88. The maximum absolute atomic E-state index is 10.7. The second-order valence-electron chi connectivity index (χ2n) is 5.80. The minimum atomic E-state index is -0.934. The van der Waals surface area contributed by atoms with Gasteiger partial charge in [0.2, 0.25) is 0 Å². The summed E-state index contributed by atoms with van der Waals surface area (Å²) in [5.41, 5.74) is 5.90. The van der Waals surface area contributed by atoms with Gasteiger partial charge in [0.25, 0.3) is 0 Å². The Bertz CT molecular complexity index is 883. The number of carbonyl (C=O) groups is 1. The number of aliphatic carboxylic acids is 1. The van der Waals surface area contributed by atoms with Crippen LogP contribution < -0.4 is 0 Å². The van der Waals surface area contributed by atoms with Crippen molar-refractivity contribution in [3.63, 3.8) is 0 Å². The molecule has 0 saturated carbocycles. The maximum Gasteiger partial charge on any atom is 0.328 e. The summed E-state index contributed by atoms with van der Waals surface area (Å²) in [5, 5.41) is 9.92. The minimum Gasteiger partial charge on any atom is -0.478 e. The van der Waals surface area contributed by atoms with Crippen LogP contribution in [0, 0.1) is 13.8 Å². The third kappa shape index (κ3) is 3.19. The highest BCUT2D eigenvalue weighted by Crippen LogP contribution is 2.22. The molecule has 0 radical (unpaired) electrons. The molecule has 0 spiro atoms. The molecule has 0 aliphatic rings. The van der Waals surface area contributed by atoms with E-state index >= 15 is 0 Å². The predicted octanol–water partition coefficient (Wildman–Crippen LogP) is 4.40. The molecule has 3 heteroatoms. The van der Waals surface area contributed by atoms with Crippen LogP contribution in [0.1, 0.15) is 22.3 Å². The lowest BCUT2D eigenvalue weighted by molar-refractivity contribution is -0.131. The Hall–Kier alpha value is -2.81. The van der Waals surface area contributed by atoms with Crippen molar-refractivity contribution < 1.29 is 9.90 Å². The van der Waals surface area contributed by atoms with Crippen LogP contribution in [0.25, 0.3) is 17.0 Å². The molecule has 0 fully saturated rings. The second-order valence-corrected chi connectivity index (χ2v) is 5.80. The van der Waals surface area contributed by atoms with Gasteiger partial charge in [-0.1, -0.05) is 30.3 Å². The van der Waals surface area contributed by atoms with Gasteiger partial charge in [-0.3, -0.25) is 0 Å². The number of rotatable bonds is 4. The molecule has 116 valence electrons. The van der Waals surface area contributed by atoms with Gasteiger partial charge >= 0.3 is 5.97 Å². The summed E-state index contributed by atoms with van der Waals surface area (Å²) >= 11 is 0. The lowest BCUT2D eigenvalue weighted by atomic mass is 10.0. The lowest BCUT2D eigenvalue weighted by Gasteiger charge is -2.12. The van der Waals surface area contributed by atoms with Crippen LogP contribution in [-0.4, -0.2) is 15.6 Å². The van der Waals surface area contributed by atoms with E-state index in [1.807, 2.05) is 18.2 Å². The van der Waals surface area contributed by atoms with E-state index in [0.29, 0.717) is 0 Å². The van der Waals surface area contributed by atoms with Gasteiger partial charge in [0, 0.05) is 24.3 Å². The summed E-state index contributed by atoms with van der Waals surface area (Å²) in [6.07, 6.45) is 4.87. The highest BCUT2D eigenvalue weighted by molar-refractivity contribution is 5.87. The number of aromatic nitrogens is 1. The zero-order chi connectivity index (χ0) is 16.4. The fraction of sp³-hybridized carbons (Fsp3) is 0.150. The van der Waals surface area contributed by atoms with Crippen molar-refractivity contribution in [2.75, 3.05) is 0 Å². The van der Waals surface area contributed by atoms with E-state index in [2.05, 4.69) is 48.9 Å². The van der Waals surface area contributed by atoms with E-state index < -0.39 is 5.97 Å². The molecule has 3 rings (SSSR count). The molecule has 0 amide bonds. The monoisotopic (exact) mass is 305 g/mol. The summed E-state index contributed by atoms with van der Waals surface area (Å²) in [6.45, 7) is 5.08. The van der Waals surface area contributed by atoms with E-state index in [-0.39, 0.29) is 0 Å². The molecular formula is C20H19NO2. The van der Waals surface area contributed by atoms with Gasteiger partial charge in [0.1, 0.15) is 0 Å². The highest BCUT2D eigenvalue weighted by Gasteiger charge is 2.06. The molecule has 0 aliphatic carbocycles. The van der Waals surface area contributed by atoms with Crippen LogP contribution in [0.4, 0.5) is 0 Å². The number of carboxylic acid groups (broad SMARTS) is 1. The molecule has 0 saturated heterocycles. The van der Waals surface area contributed by atoms with Gasteiger partial charge in [-0.25, -0.2) is 4.79 Å². The van der Waals surface area contributed by atoms with Crippen LogP contribution in [-0.2, 0) is 11.3 Å². The number of aryl methyl sites for hydroxylation is 2. The first-order chi connectivity index (χ1) is 11.0. The summed E-state index contributed by atoms with van der Waals surface area (Å²) in [5.74, 6) is -0.934. The standard InChI is InChI=1S/C20H19NO2/c1-14-4-3-5-15(2)18(14)13-21-11-10-17-8-6-16(12-19(17)21)7-9-20(22)23/h3-12H,13H2,1-2H3,(H,22,23)/b9-7+. The normalized spacial score (nSPS) is 11.4. The van der Waals surface area contributed by atoms with Crippen LogP contribution >= 0.6 is 0 Å². The quantitative estimate of drug-likeness (QED) is 0.726. The van der Waals surface area contributed by atoms with Crippen LogP contribution in [0.3, 0.4) is 0 Å². The van der Waals surface area contributed by atoms with Gasteiger partial charge in [-0.2, -0.15) is 0 Å². The number of fused-ring (bicyclic) bond motifs is 1. The molecule has 2 aromatic carbocycles. The Morgan fingerprint density at radius 2 is 1.87 bits per heavy atom. The SMILES string of the molecule is Cc1cccc(C)c1Cn1ccc2ccc(/C=C/C(=O)O)cc21. The van der Waals surface area contributed by atoms with E-state index in [4.69, 9.17) is 5.11 Å². The van der Waals surface area contributed by atoms with Crippen molar-refractivity contribution in [1.29, 1.82) is 0 Å². The van der Waals surface area contributed by atoms with E-state index in [1.54, 1.807) is 6.08 Å². The van der Waals surface area contributed by atoms with E-state index in [0.717, 1.165) is 23.0 Å². The Balaban J connectivity index is 2.01. The molecule has 1 aromatic heterocycles. The molecular weight excluding hydrogens is 286 g/mol. The van der Waals surface area contributed by atoms with E-state index in [1.165, 1.54) is 22.8 Å². The first-order valence-corrected chi connectivity index (χ1v) is 7.59. The van der Waals surface area contributed by atoms with Crippen molar-refractivity contribution in [1.82, 2.24) is 4.57 Å². The zero-order valence-corrected chi connectivity index (χ0v) is 13.3. The molecule has 3 aromatic rings. The van der Waals surface area contributed by atoms with Crippen LogP contribution in [0.5, 0.6) is 0 Å². The average molecular weight is 305 g/mol. The van der Waals surface area contributed by atoms with Gasteiger partial charge < -0.3 is 9.67 Å². The van der Waals surface area contributed by atoms with Crippen molar-refractivity contribution in [2.24, 2.45) is 0 Å². The van der Waals surface area contributed by atoms with Crippen molar-refractivity contribution in [2.45, 2.75) is 20.4 Å². The molecule has 23 heavy (non-hydrogen) atoms. The summed E-state index contributed by atoms with van der Waals surface area (Å²) < 4.78 is 2.21. The van der Waals surface area contributed by atoms with Crippen molar-refractivity contribution in [3.05, 3.63) is 77.0 Å². The third-order valence-corrected chi connectivity index (χ3v) is 4.19. The van der Waals surface area contributed by atoms with Crippen molar-refractivity contribution in [3.8, 4) is 0 Å². The fourth-order valence-electron chi connectivity index (χ4n) is 2.88. The number of hydrogen-bond donors (Lipinski definition) is 1. The van der Waals surface area contributed by atoms with Gasteiger partial charge in [-0.05, 0) is 59.7 Å². The molecule has 0 aliphatic heterocycles. The number of nitrogens with zero attached hydrogens (tertiary/aromatic N) is 1. The molecule has 0 unspecified atom stereocenters. The van der Waals surface area contributed by atoms with Gasteiger partial charge in [-0.15, -0.1) is 0 Å². The molecule has 3 nitrogen and oxygen atoms in total. The average Bonchev–Trinajstić information content (AvgIpc) is 2.91. The number of hydrogen-bond acceptors (Lipinski definition) is 1. The zero-order valence-electron chi connectivity index (χ0n) is 13.3. The summed E-state index contributed by atoms with van der Waals surface area (Å²) in [6, 6.07) is 14.4. The van der Waals surface area contributed by atoms with Gasteiger partial charge in [0.15, 0.2) is 0 Å². The smallest absolute Gasteiger partial charge is 0.328 e. The summed E-state index contributed by atoms with van der Waals surface area (Å²) in [7, 11) is 0. The Kier molecular flexibility index (Phi) is 4.02. The van der Waals surface area contributed by atoms with Crippen LogP contribution in [0.15, 0.2) is 54.7 Å². The Labute approximate surface area is 135 Å².